The number of aryl methyl sites for hydroxylation is 1. The van der Waals surface area contributed by atoms with E-state index in [4.69, 9.17) is 16.3 Å². The average Bonchev–Trinajstić information content (AvgIpc) is 2.67. The number of hydrogen-bond acceptors (Lipinski definition) is 4. The van der Waals surface area contributed by atoms with E-state index >= 15 is 0 Å². The second kappa shape index (κ2) is 10.2. The van der Waals surface area contributed by atoms with Gasteiger partial charge >= 0.3 is 5.97 Å². The van der Waals surface area contributed by atoms with Crippen LogP contribution in [-0.4, -0.2) is 23.8 Å². The molecule has 0 aromatic heterocycles. The van der Waals surface area contributed by atoms with E-state index in [0.717, 1.165) is 16.8 Å². The number of hydrogen-bond donors (Lipinski definition) is 1. The normalized spacial score (nSPS) is 11.8. The summed E-state index contributed by atoms with van der Waals surface area (Å²) in [6.45, 7) is 7.53. The molecular formula is C23H26ClNO4. The van der Waals surface area contributed by atoms with Crippen molar-refractivity contribution in [2.75, 3.05) is 5.32 Å². The van der Waals surface area contributed by atoms with Crippen molar-refractivity contribution in [1.29, 1.82) is 0 Å². The van der Waals surface area contributed by atoms with Crippen molar-refractivity contribution in [3.63, 3.8) is 0 Å². The molecule has 0 unspecified atom stereocenters. The van der Waals surface area contributed by atoms with Gasteiger partial charge in [0, 0.05) is 22.7 Å². The Bertz CT molecular complexity index is 890. The number of amides is 1. The van der Waals surface area contributed by atoms with Gasteiger partial charge < -0.3 is 10.1 Å². The van der Waals surface area contributed by atoms with Gasteiger partial charge in [0.05, 0.1) is 6.42 Å². The molecule has 2 rings (SSSR count). The molecule has 0 heterocycles. The highest BCUT2D eigenvalue weighted by molar-refractivity contribution is 6.30. The molecular weight excluding hydrogens is 390 g/mol. The maximum atomic E-state index is 12.5. The quantitative estimate of drug-likeness (QED) is 0.468. The number of carbonyl (C=O) groups is 3. The van der Waals surface area contributed by atoms with Crippen molar-refractivity contribution in [2.24, 2.45) is 0 Å². The van der Waals surface area contributed by atoms with Gasteiger partial charge in [0.2, 0.25) is 0 Å². The fourth-order valence-corrected chi connectivity index (χ4v) is 3.00. The SMILES string of the molecule is Cc1cccc(C(C)C)c1NC(=O)[C@H](C)OC(=O)CCC(=O)c1ccc(Cl)cc1. The summed E-state index contributed by atoms with van der Waals surface area (Å²) in [5.41, 5.74) is 3.18. The lowest BCUT2D eigenvalue weighted by atomic mass is 9.98. The highest BCUT2D eigenvalue weighted by Crippen LogP contribution is 2.27. The molecule has 1 atom stereocenters. The van der Waals surface area contributed by atoms with Crippen molar-refractivity contribution in [3.05, 3.63) is 64.2 Å². The number of halogens is 1. The lowest BCUT2D eigenvalue weighted by Crippen LogP contribution is -2.30. The molecule has 0 fully saturated rings. The molecule has 2 aromatic carbocycles. The van der Waals surface area contributed by atoms with Crippen LogP contribution in [0.2, 0.25) is 5.02 Å². The lowest BCUT2D eigenvalue weighted by molar-refractivity contribution is -0.153. The van der Waals surface area contributed by atoms with E-state index in [1.54, 1.807) is 24.3 Å². The predicted octanol–water partition coefficient (Wildman–Crippen LogP) is 5.31. The fraction of sp³-hybridized carbons (Fsp3) is 0.348. The van der Waals surface area contributed by atoms with E-state index in [1.165, 1.54) is 6.92 Å². The van der Waals surface area contributed by atoms with E-state index in [1.807, 2.05) is 39.0 Å². The molecule has 0 saturated carbocycles. The van der Waals surface area contributed by atoms with Gasteiger partial charge in [-0.05, 0) is 55.2 Å². The van der Waals surface area contributed by atoms with Gasteiger partial charge in [-0.25, -0.2) is 0 Å². The Hall–Kier alpha value is -2.66. The van der Waals surface area contributed by atoms with Crippen molar-refractivity contribution >= 4 is 34.9 Å². The molecule has 6 heteroatoms. The van der Waals surface area contributed by atoms with Crippen LogP contribution in [0.4, 0.5) is 5.69 Å². The first-order chi connectivity index (χ1) is 13.7. The number of benzene rings is 2. The number of Topliss-reactive ketones (excluding diaryl/α,β-unsaturated/α-hetero) is 1. The minimum atomic E-state index is -0.965. The van der Waals surface area contributed by atoms with Crippen LogP contribution in [0.3, 0.4) is 0 Å². The number of ketones is 1. The lowest BCUT2D eigenvalue weighted by Gasteiger charge is -2.19. The standard InChI is InChI=1S/C23H26ClNO4/c1-14(2)19-7-5-6-15(3)22(19)25-23(28)16(4)29-21(27)13-12-20(26)17-8-10-18(24)11-9-17/h5-11,14,16H,12-13H2,1-4H3,(H,25,28)/t16-/m0/s1. The highest BCUT2D eigenvalue weighted by Gasteiger charge is 2.21. The zero-order valence-electron chi connectivity index (χ0n) is 17.1. The predicted molar refractivity (Wildman–Crippen MR) is 114 cm³/mol. The second-order valence-electron chi connectivity index (χ2n) is 7.25. The Morgan fingerprint density at radius 2 is 1.66 bits per heavy atom. The van der Waals surface area contributed by atoms with Crippen LogP contribution in [0.1, 0.15) is 61.0 Å². The second-order valence-corrected chi connectivity index (χ2v) is 7.68. The first kappa shape index (κ1) is 22.6. The van der Waals surface area contributed by atoms with Crippen molar-refractivity contribution in [3.8, 4) is 0 Å². The van der Waals surface area contributed by atoms with Gasteiger partial charge in [0.1, 0.15) is 0 Å². The molecule has 0 spiro atoms. The average molecular weight is 416 g/mol. The maximum Gasteiger partial charge on any atom is 0.307 e. The Labute approximate surface area is 176 Å². The number of carbonyl (C=O) groups excluding carboxylic acids is 3. The summed E-state index contributed by atoms with van der Waals surface area (Å²) in [6, 6.07) is 12.3. The third kappa shape index (κ3) is 6.43. The van der Waals surface area contributed by atoms with Gasteiger partial charge in [-0.15, -0.1) is 0 Å². The number of rotatable bonds is 8. The smallest absolute Gasteiger partial charge is 0.307 e. The van der Waals surface area contributed by atoms with Gasteiger partial charge in [-0.3, -0.25) is 14.4 Å². The first-order valence-electron chi connectivity index (χ1n) is 9.57. The maximum absolute atomic E-state index is 12.5. The summed E-state index contributed by atoms with van der Waals surface area (Å²) in [7, 11) is 0. The summed E-state index contributed by atoms with van der Waals surface area (Å²) in [5, 5.41) is 3.40. The summed E-state index contributed by atoms with van der Waals surface area (Å²) in [6.07, 6.45) is -1.06. The molecule has 0 saturated heterocycles. The van der Waals surface area contributed by atoms with E-state index in [0.29, 0.717) is 10.6 Å². The molecule has 2 aromatic rings. The van der Waals surface area contributed by atoms with Crippen LogP contribution >= 0.6 is 11.6 Å². The third-order valence-electron chi connectivity index (χ3n) is 4.58. The zero-order chi connectivity index (χ0) is 21.6. The van der Waals surface area contributed by atoms with Crippen molar-refractivity contribution in [1.82, 2.24) is 0 Å². The number of nitrogens with one attached hydrogen (secondary N) is 1. The van der Waals surface area contributed by atoms with Crippen LogP contribution in [0.15, 0.2) is 42.5 Å². The summed E-state index contributed by atoms with van der Waals surface area (Å²) >= 11 is 5.80. The van der Waals surface area contributed by atoms with E-state index in [9.17, 15) is 14.4 Å². The summed E-state index contributed by atoms with van der Waals surface area (Å²) in [4.78, 5) is 36.7. The third-order valence-corrected chi connectivity index (χ3v) is 4.83. The van der Waals surface area contributed by atoms with Crippen LogP contribution in [0.25, 0.3) is 0 Å². The Balaban J connectivity index is 1.90. The Kier molecular flexibility index (Phi) is 7.97. The molecule has 29 heavy (non-hydrogen) atoms. The van der Waals surface area contributed by atoms with Crippen LogP contribution in [0, 0.1) is 6.92 Å². The minimum Gasteiger partial charge on any atom is -0.453 e. The number of esters is 1. The molecule has 0 bridgehead atoms. The largest absolute Gasteiger partial charge is 0.453 e. The van der Waals surface area contributed by atoms with Gasteiger partial charge in [0.25, 0.3) is 5.91 Å². The molecule has 0 aliphatic carbocycles. The minimum absolute atomic E-state index is 0.00406. The molecule has 1 N–H and O–H groups in total. The fourth-order valence-electron chi connectivity index (χ4n) is 2.87. The molecule has 0 radical (unpaired) electrons. The van der Waals surface area contributed by atoms with Gasteiger partial charge in [-0.2, -0.15) is 0 Å². The number of anilines is 1. The highest BCUT2D eigenvalue weighted by atomic mass is 35.5. The molecule has 0 aliphatic rings. The van der Waals surface area contributed by atoms with Crippen LogP contribution < -0.4 is 5.32 Å². The summed E-state index contributed by atoms with van der Waals surface area (Å²) in [5.74, 6) is -0.943. The van der Waals surface area contributed by atoms with Gasteiger partial charge in [-0.1, -0.05) is 43.6 Å². The summed E-state index contributed by atoms with van der Waals surface area (Å²) < 4.78 is 5.21. The number of ether oxygens (including phenoxy) is 1. The van der Waals surface area contributed by atoms with Crippen molar-refractivity contribution < 1.29 is 19.1 Å². The van der Waals surface area contributed by atoms with Crippen molar-refractivity contribution in [2.45, 2.75) is 52.6 Å². The molecule has 0 aliphatic heterocycles. The monoisotopic (exact) mass is 415 g/mol. The number of para-hydroxylation sites is 1. The van der Waals surface area contributed by atoms with Crippen LogP contribution in [-0.2, 0) is 14.3 Å². The van der Waals surface area contributed by atoms with E-state index in [-0.39, 0.29) is 24.5 Å². The molecule has 1 amide bonds. The molecule has 5 nitrogen and oxygen atoms in total. The van der Waals surface area contributed by atoms with Gasteiger partial charge in [0.15, 0.2) is 11.9 Å². The van der Waals surface area contributed by atoms with E-state index in [2.05, 4.69) is 5.32 Å². The Morgan fingerprint density at radius 1 is 1.00 bits per heavy atom. The first-order valence-corrected chi connectivity index (χ1v) is 9.95. The van der Waals surface area contributed by atoms with Crippen LogP contribution in [0.5, 0.6) is 0 Å². The Morgan fingerprint density at radius 3 is 2.28 bits per heavy atom. The zero-order valence-corrected chi connectivity index (χ0v) is 17.9. The van der Waals surface area contributed by atoms with E-state index < -0.39 is 18.0 Å². The topological polar surface area (TPSA) is 72.5 Å². The molecule has 154 valence electrons.